The van der Waals surface area contributed by atoms with Crippen molar-refractivity contribution in [1.29, 1.82) is 0 Å². The Morgan fingerprint density at radius 1 is 1.25 bits per heavy atom. The van der Waals surface area contributed by atoms with Crippen LogP contribution in [0, 0.1) is 6.92 Å². The van der Waals surface area contributed by atoms with Crippen molar-refractivity contribution in [3.8, 4) is 0 Å². The Morgan fingerprint density at radius 3 is 2.83 bits per heavy atom. The molecule has 122 valence electrons. The predicted octanol–water partition coefficient (Wildman–Crippen LogP) is 2.95. The van der Waals surface area contributed by atoms with Gasteiger partial charge in [0.1, 0.15) is 0 Å². The maximum absolute atomic E-state index is 12.4. The van der Waals surface area contributed by atoms with Gasteiger partial charge in [-0.2, -0.15) is 0 Å². The quantitative estimate of drug-likeness (QED) is 0.725. The van der Waals surface area contributed by atoms with E-state index in [1.807, 2.05) is 30.2 Å². The number of rotatable bonds is 2. The Labute approximate surface area is 139 Å². The number of amides is 1. The molecule has 0 aliphatic carbocycles. The monoisotopic (exact) mass is 322 g/mol. The van der Waals surface area contributed by atoms with Gasteiger partial charge in [-0.3, -0.25) is 14.8 Å². The molecule has 0 unspecified atom stereocenters. The van der Waals surface area contributed by atoms with Gasteiger partial charge in [-0.25, -0.2) is 0 Å². The molecule has 1 aliphatic heterocycles. The van der Waals surface area contributed by atoms with E-state index in [9.17, 15) is 4.79 Å². The third-order valence-electron chi connectivity index (χ3n) is 4.55. The average Bonchev–Trinajstić information content (AvgIpc) is 3.07. The molecule has 0 saturated carbocycles. The van der Waals surface area contributed by atoms with E-state index in [0.29, 0.717) is 24.8 Å². The lowest BCUT2D eigenvalue weighted by Gasteiger charge is -2.31. The summed E-state index contributed by atoms with van der Waals surface area (Å²) in [6, 6.07) is 7.68. The molecule has 0 aromatic carbocycles. The Kier molecular flexibility index (Phi) is 3.72. The highest BCUT2D eigenvalue weighted by atomic mass is 16.5. The summed E-state index contributed by atoms with van der Waals surface area (Å²) < 4.78 is 5.08. The summed E-state index contributed by atoms with van der Waals surface area (Å²) in [7, 11) is 0. The molecule has 0 bridgehead atoms. The zero-order valence-electron chi connectivity index (χ0n) is 13.5. The second-order valence-corrected chi connectivity index (χ2v) is 6.20. The Hall–Kier alpha value is -2.76. The standard InChI is InChI=1S/C18H18N4O2/c1-12-9-17(24-21-12)18(23)22-7-4-13(5-8-22)15-10-16-14(11-20-15)3-2-6-19-16/h2-3,6,9-11,13H,4-5,7-8H2,1H3. The molecule has 0 N–H and O–H groups in total. The van der Waals surface area contributed by atoms with Crippen LogP contribution in [-0.2, 0) is 0 Å². The van der Waals surface area contributed by atoms with Crippen molar-refractivity contribution in [1.82, 2.24) is 20.0 Å². The molecule has 24 heavy (non-hydrogen) atoms. The average molecular weight is 322 g/mol. The van der Waals surface area contributed by atoms with Crippen LogP contribution in [0.25, 0.3) is 10.9 Å². The van der Waals surface area contributed by atoms with Crippen molar-refractivity contribution in [3.05, 3.63) is 53.8 Å². The van der Waals surface area contributed by atoms with Crippen molar-refractivity contribution >= 4 is 16.8 Å². The second kappa shape index (κ2) is 6.03. The molecule has 4 rings (SSSR count). The van der Waals surface area contributed by atoms with E-state index in [-0.39, 0.29) is 5.91 Å². The van der Waals surface area contributed by atoms with Gasteiger partial charge in [-0.15, -0.1) is 0 Å². The van der Waals surface area contributed by atoms with Crippen molar-refractivity contribution in [2.75, 3.05) is 13.1 Å². The van der Waals surface area contributed by atoms with Gasteiger partial charge >= 0.3 is 0 Å². The molecule has 1 fully saturated rings. The SMILES string of the molecule is Cc1cc(C(=O)N2CCC(c3cc4ncccc4cn3)CC2)on1. The third kappa shape index (κ3) is 2.75. The van der Waals surface area contributed by atoms with Gasteiger partial charge in [0.05, 0.1) is 11.2 Å². The molecule has 0 radical (unpaired) electrons. The molecular weight excluding hydrogens is 304 g/mol. The fraction of sp³-hybridized carbons (Fsp3) is 0.333. The zero-order chi connectivity index (χ0) is 16.5. The molecule has 6 heteroatoms. The minimum absolute atomic E-state index is 0.0813. The van der Waals surface area contributed by atoms with E-state index in [2.05, 4.69) is 21.2 Å². The fourth-order valence-electron chi connectivity index (χ4n) is 3.20. The van der Waals surface area contributed by atoms with Gasteiger partial charge in [0.25, 0.3) is 5.91 Å². The molecule has 3 aromatic rings. The van der Waals surface area contributed by atoms with Crippen LogP contribution < -0.4 is 0 Å². The predicted molar refractivity (Wildman–Crippen MR) is 88.7 cm³/mol. The number of likely N-dealkylation sites (tertiary alicyclic amines) is 1. The number of pyridine rings is 2. The summed E-state index contributed by atoms with van der Waals surface area (Å²) in [5.74, 6) is 0.595. The topological polar surface area (TPSA) is 72.1 Å². The summed E-state index contributed by atoms with van der Waals surface area (Å²) in [4.78, 5) is 23.2. The summed E-state index contributed by atoms with van der Waals surface area (Å²) in [6.07, 6.45) is 5.47. The summed E-state index contributed by atoms with van der Waals surface area (Å²) >= 11 is 0. The van der Waals surface area contributed by atoms with E-state index in [0.717, 1.165) is 35.1 Å². The Balaban J connectivity index is 1.46. The van der Waals surface area contributed by atoms with E-state index in [1.165, 1.54) is 0 Å². The third-order valence-corrected chi connectivity index (χ3v) is 4.55. The smallest absolute Gasteiger partial charge is 0.292 e. The van der Waals surface area contributed by atoms with E-state index < -0.39 is 0 Å². The summed E-state index contributed by atoms with van der Waals surface area (Å²) in [6.45, 7) is 3.21. The lowest BCUT2D eigenvalue weighted by molar-refractivity contribution is 0.0670. The first-order valence-corrected chi connectivity index (χ1v) is 8.14. The number of hydrogen-bond acceptors (Lipinski definition) is 5. The van der Waals surface area contributed by atoms with Crippen LogP contribution in [0.4, 0.5) is 0 Å². The number of fused-ring (bicyclic) bond motifs is 1. The van der Waals surface area contributed by atoms with Crippen molar-refractivity contribution in [2.24, 2.45) is 0 Å². The first-order valence-electron chi connectivity index (χ1n) is 8.14. The lowest BCUT2D eigenvalue weighted by atomic mass is 9.92. The minimum Gasteiger partial charge on any atom is -0.351 e. The summed E-state index contributed by atoms with van der Waals surface area (Å²) in [5, 5.41) is 4.84. The van der Waals surface area contributed by atoms with E-state index in [4.69, 9.17) is 4.52 Å². The van der Waals surface area contributed by atoms with Gasteiger partial charge in [-0.05, 0) is 38.0 Å². The molecule has 1 aliphatic rings. The van der Waals surface area contributed by atoms with Crippen molar-refractivity contribution in [2.45, 2.75) is 25.7 Å². The normalized spacial score (nSPS) is 15.8. The number of carbonyl (C=O) groups is 1. The molecule has 4 heterocycles. The van der Waals surface area contributed by atoms with Crippen LogP contribution in [0.1, 0.15) is 40.7 Å². The lowest BCUT2D eigenvalue weighted by Crippen LogP contribution is -2.37. The minimum atomic E-state index is -0.0813. The van der Waals surface area contributed by atoms with Crippen LogP contribution in [0.2, 0.25) is 0 Å². The largest absolute Gasteiger partial charge is 0.351 e. The van der Waals surface area contributed by atoms with Gasteiger partial charge in [0, 0.05) is 48.5 Å². The Morgan fingerprint density at radius 2 is 2.08 bits per heavy atom. The van der Waals surface area contributed by atoms with Crippen LogP contribution in [0.15, 0.2) is 41.2 Å². The van der Waals surface area contributed by atoms with Gasteiger partial charge in [0.2, 0.25) is 5.76 Å². The van der Waals surface area contributed by atoms with E-state index in [1.54, 1.807) is 12.3 Å². The van der Waals surface area contributed by atoms with Gasteiger partial charge in [-0.1, -0.05) is 5.16 Å². The highest BCUT2D eigenvalue weighted by molar-refractivity contribution is 5.91. The number of aryl methyl sites for hydroxylation is 1. The molecule has 1 saturated heterocycles. The Bertz CT molecular complexity index is 881. The van der Waals surface area contributed by atoms with Gasteiger partial charge < -0.3 is 9.42 Å². The first-order chi connectivity index (χ1) is 11.7. The van der Waals surface area contributed by atoms with Gasteiger partial charge in [0.15, 0.2) is 0 Å². The number of aromatic nitrogens is 3. The van der Waals surface area contributed by atoms with Crippen molar-refractivity contribution in [3.63, 3.8) is 0 Å². The molecule has 0 spiro atoms. The van der Waals surface area contributed by atoms with Crippen LogP contribution in [-0.4, -0.2) is 39.0 Å². The molecular formula is C18H18N4O2. The summed E-state index contributed by atoms with van der Waals surface area (Å²) in [5.41, 5.74) is 2.75. The van der Waals surface area contributed by atoms with Crippen LogP contribution in [0.5, 0.6) is 0 Å². The number of piperidine rings is 1. The van der Waals surface area contributed by atoms with Crippen molar-refractivity contribution < 1.29 is 9.32 Å². The fourth-order valence-corrected chi connectivity index (χ4v) is 3.20. The van der Waals surface area contributed by atoms with E-state index >= 15 is 0 Å². The number of carbonyl (C=O) groups excluding carboxylic acids is 1. The zero-order valence-corrected chi connectivity index (χ0v) is 13.5. The van der Waals surface area contributed by atoms with Crippen LogP contribution in [0.3, 0.4) is 0 Å². The maximum Gasteiger partial charge on any atom is 0.292 e. The highest BCUT2D eigenvalue weighted by Gasteiger charge is 2.27. The van der Waals surface area contributed by atoms with Crippen LogP contribution >= 0.6 is 0 Å². The molecule has 1 amide bonds. The number of nitrogens with zero attached hydrogens (tertiary/aromatic N) is 4. The molecule has 6 nitrogen and oxygen atoms in total. The maximum atomic E-state index is 12.4. The molecule has 3 aromatic heterocycles. The molecule has 0 atom stereocenters. The number of hydrogen-bond donors (Lipinski definition) is 0. The first kappa shape index (κ1) is 14.8. The second-order valence-electron chi connectivity index (χ2n) is 6.20. The highest BCUT2D eigenvalue weighted by Crippen LogP contribution is 2.28.